The van der Waals surface area contributed by atoms with E-state index in [9.17, 15) is 4.79 Å². The molecular weight excluding hydrogens is 280 g/mol. The molecule has 2 aromatic heterocycles. The number of hydrogen-bond donors (Lipinski definition) is 0. The highest BCUT2D eigenvalue weighted by molar-refractivity contribution is 5.83. The van der Waals surface area contributed by atoms with E-state index in [-0.39, 0.29) is 11.6 Å². The molecule has 0 amide bonds. The van der Waals surface area contributed by atoms with Crippen LogP contribution in [0.5, 0.6) is 5.75 Å². The van der Waals surface area contributed by atoms with Crippen LogP contribution in [0, 0.1) is 0 Å². The van der Waals surface area contributed by atoms with Gasteiger partial charge in [-0.15, -0.1) is 0 Å². The first-order chi connectivity index (χ1) is 10.7. The molecule has 0 aliphatic heterocycles. The van der Waals surface area contributed by atoms with Gasteiger partial charge in [0.05, 0.1) is 31.2 Å². The lowest BCUT2D eigenvalue weighted by molar-refractivity contribution is 0.403. The van der Waals surface area contributed by atoms with Crippen LogP contribution in [0.15, 0.2) is 48.0 Å². The molecule has 0 fully saturated rings. The molecule has 0 saturated heterocycles. The Hall–Kier alpha value is -2.63. The van der Waals surface area contributed by atoms with Gasteiger partial charge in [0.25, 0.3) is 5.56 Å². The summed E-state index contributed by atoms with van der Waals surface area (Å²) in [5.74, 6) is 0.615. The Kier molecular flexibility index (Phi) is 3.91. The molecule has 0 aliphatic rings. The first kappa shape index (κ1) is 14.3. The van der Waals surface area contributed by atoms with Crippen molar-refractivity contribution in [3.8, 4) is 5.75 Å². The standard InChI is InChI=1S/C16H18N4O2/c1-3-12(9-19-8-7-17-10-19)20-11-18-15-13(16(20)21)5-4-6-14(15)22-2/h4-8,10-12H,3,9H2,1-2H3. The SMILES string of the molecule is CCC(Cn1ccnc1)n1cnc2c(OC)cccc2c1=O. The third-order valence-corrected chi connectivity index (χ3v) is 3.84. The summed E-state index contributed by atoms with van der Waals surface area (Å²) in [6, 6.07) is 5.44. The zero-order valence-corrected chi connectivity index (χ0v) is 12.6. The Bertz CT molecular complexity index is 824. The number of ether oxygens (including phenoxy) is 1. The maximum absolute atomic E-state index is 12.8. The molecule has 3 rings (SSSR count). The van der Waals surface area contributed by atoms with Crippen LogP contribution in [-0.2, 0) is 6.54 Å². The summed E-state index contributed by atoms with van der Waals surface area (Å²) < 4.78 is 8.94. The molecule has 0 N–H and O–H groups in total. The lowest BCUT2D eigenvalue weighted by atomic mass is 10.2. The van der Waals surface area contributed by atoms with Gasteiger partial charge in [-0.1, -0.05) is 13.0 Å². The van der Waals surface area contributed by atoms with Gasteiger partial charge in [0, 0.05) is 18.9 Å². The highest BCUT2D eigenvalue weighted by Gasteiger charge is 2.15. The first-order valence-electron chi connectivity index (χ1n) is 7.24. The zero-order valence-electron chi connectivity index (χ0n) is 12.6. The Morgan fingerprint density at radius 3 is 2.86 bits per heavy atom. The quantitative estimate of drug-likeness (QED) is 0.725. The summed E-state index contributed by atoms with van der Waals surface area (Å²) in [5, 5.41) is 0.575. The third kappa shape index (κ3) is 2.47. The number of methoxy groups -OCH3 is 1. The minimum atomic E-state index is -0.0455. The largest absolute Gasteiger partial charge is 0.494 e. The van der Waals surface area contributed by atoms with Crippen LogP contribution in [0.3, 0.4) is 0 Å². The van der Waals surface area contributed by atoms with E-state index in [2.05, 4.69) is 16.9 Å². The molecule has 2 heterocycles. The van der Waals surface area contributed by atoms with Crippen molar-refractivity contribution >= 4 is 10.9 Å². The minimum absolute atomic E-state index is 0.0322. The Morgan fingerprint density at radius 1 is 1.32 bits per heavy atom. The van der Waals surface area contributed by atoms with E-state index in [1.54, 1.807) is 36.6 Å². The molecule has 1 atom stereocenters. The predicted molar refractivity (Wildman–Crippen MR) is 84.1 cm³/mol. The lowest BCUT2D eigenvalue weighted by Crippen LogP contribution is -2.27. The third-order valence-electron chi connectivity index (χ3n) is 3.84. The smallest absolute Gasteiger partial charge is 0.261 e. The van der Waals surface area contributed by atoms with Gasteiger partial charge >= 0.3 is 0 Å². The van der Waals surface area contributed by atoms with Crippen LogP contribution in [0.2, 0.25) is 0 Å². The number of benzene rings is 1. The number of hydrogen-bond acceptors (Lipinski definition) is 4. The molecule has 0 radical (unpaired) electrons. The second-order valence-electron chi connectivity index (χ2n) is 5.13. The summed E-state index contributed by atoms with van der Waals surface area (Å²) >= 11 is 0. The maximum Gasteiger partial charge on any atom is 0.261 e. The van der Waals surface area contributed by atoms with Crippen LogP contribution in [0.4, 0.5) is 0 Å². The first-order valence-corrected chi connectivity index (χ1v) is 7.24. The van der Waals surface area contributed by atoms with Crippen LogP contribution in [0.25, 0.3) is 10.9 Å². The zero-order chi connectivity index (χ0) is 15.5. The molecule has 1 aromatic carbocycles. The second kappa shape index (κ2) is 6.01. The van der Waals surface area contributed by atoms with Crippen molar-refractivity contribution < 1.29 is 4.74 Å². The molecule has 6 nitrogen and oxygen atoms in total. The Labute approximate surface area is 128 Å². The summed E-state index contributed by atoms with van der Waals surface area (Å²) in [6.07, 6.45) is 7.82. The summed E-state index contributed by atoms with van der Waals surface area (Å²) in [5.41, 5.74) is 0.555. The maximum atomic E-state index is 12.8. The number of aromatic nitrogens is 4. The van der Waals surface area contributed by atoms with Crippen molar-refractivity contribution in [2.75, 3.05) is 7.11 Å². The minimum Gasteiger partial charge on any atom is -0.494 e. The molecular formula is C16H18N4O2. The van der Waals surface area contributed by atoms with E-state index in [0.29, 0.717) is 23.2 Å². The van der Waals surface area contributed by atoms with Gasteiger partial charge in [0.1, 0.15) is 11.3 Å². The van der Waals surface area contributed by atoms with Crippen LogP contribution >= 0.6 is 0 Å². The Morgan fingerprint density at radius 2 is 2.18 bits per heavy atom. The van der Waals surface area contributed by atoms with Gasteiger partial charge in [0.15, 0.2) is 0 Å². The van der Waals surface area contributed by atoms with Crippen molar-refractivity contribution in [2.24, 2.45) is 0 Å². The van der Waals surface area contributed by atoms with E-state index < -0.39 is 0 Å². The number of fused-ring (bicyclic) bond motifs is 1. The normalized spacial score (nSPS) is 12.5. The van der Waals surface area contributed by atoms with Crippen molar-refractivity contribution in [1.29, 1.82) is 0 Å². The average Bonchev–Trinajstić information content (AvgIpc) is 3.06. The van der Waals surface area contributed by atoms with Crippen LogP contribution in [-0.4, -0.2) is 26.2 Å². The highest BCUT2D eigenvalue weighted by atomic mass is 16.5. The van der Waals surface area contributed by atoms with Gasteiger partial charge in [0.2, 0.25) is 0 Å². The van der Waals surface area contributed by atoms with E-state index >= 15 is 0 Å². The van der Waals surface area contributed by atoms with Gasteiger partial charge in [-0.2, -0.15) is 0 Å². The summed E-state index contributed by atoms with van der Waals surface area (Å²) in [7, 11) is 1.58. The molecule has 3 aromatic rings. The lowest BCUT2D eigenvalue weighted by Gasteiger charge is -2.19. The van der Waals surface area contributed by atoms with E-state index in [4.69, 9.17) is 4.74 Å². The van der Waals surface area contributed by atoms with Crippen molar-refractivity contribution in [1.82, 2.24) is 19.1 Å². The molecule has 0 aliphatic carbocycles. The van der Waals surface area contributed by atoms with Crippen molar-refractivity contribution in [3.05, 3.63) is 53.6 Å². The molecule has 0 spiro atoms. The second-order valence-corrected chi connectivity index (χ2v) is 5.13. The highest BCUT2D eigenvalue weighted by Crippen LogP contribution is 2.21. The number of nitrogens with zero attached hydrogens (tertiary/aromatic N) is 4. The van der Waals surface area contributed by atoms with Crippen LogP contribution < -0.4 is 10.3 Å². The fraction of sp³-hybridized carbons (Fsp3) is 0.312. The molecule has 0 saturated carbocycles. The molecule has 22 heavy (non-hydrogen) atoms. The Balaban J connectivity index is 2.06. The fourth-order valence-electron chi connectivity index (χ4n) is 2.62. The number of para-hydroxylation sites is 1. The fourth-order valence-corrected chi connectivity index (χ4v) is 2.62. The monoisotopic (exact) mass is 298 g/mol. The van der Waals surface area contributed by atoms with Gasteiger partial charge in [-0.25, -0.2) is 9.97 Å². The summed E-state index contributed by atoms with van der Waals surface area (Å²) in [6.45, 7) is 2.75. The number of imidazole rings is 1. The van der Waals surface area contributed by atoms with Crippen molar-refractivity contribution in [3.63, 3.8) is 0 Å². The summed E-state index contributed by atoms with van der Waals surface area (Å²) in [4.78, 5) is 21.2. The van der Waals surface area contributed by atoms with E-state index in [1.807, 2.05) is 22.9 Å². The average molecular weight is 298 g/mol. The topological polar surface area (TPSA) is 61.9 Å². The predicted octanol–water partition coefficient (Wildman–Crippen LogP) is 2.25. The van der Waals surface area contributed by atoms with Crippen LogP contribution in [0.1, 0.15) is 19.4 Å². The molecule has 6 heteroatoms. The number of rotatable bonds is 5. The van der Waals surface area contributed by atoms with Gasteiger partial charge in [-0.05, 0) is 18.6 Å². The van der Waals surface area contributed by atoms with Gasteiger partial charge < -0.3 is 9.30 Å². The van der Waals surface area contributed by atoms with E-state index in [0.717, 1.165) is 6.42 Å². The van der Waals surface area contributed by atoms with Crippen molar-refractivity contribution in [2.45, 2.75) is 25.9 Å². The molecule has 0 bridgehead atoms. The van der Waals surface area contributed by atoms with E-state index in [1.165, 1.54) is 0 Å². The molecule has 1 unspecified atom stereocenters. The van der Waals surface area contributed by atoms with Gasteiger partial charge in [-0.3, -0.25) is 9.36 Å². The molecule has 114 valence electrons.